The molecule has 2 aliphatic rings. The van der Waals surface area contributed by atoms with Crippen LogP contribution in [0.2, 0.25) is 0 Å². The van der Waals surface area contributed by atoms with Gasteiger partial charge in [0.1, 0.15) is 36.5 Å². The minimum Gasteiger partial charge on any atom is -0.507 e. The molecule has 7 nitrogen and oxygen atoms in total. The van der Waals surface area contributed by atoms with E-state index in [1.165, 1.54) is 4.90 Å². The Labute approximate surface area is 184 Å². The third kappa shape index (κ3) is 3.13. The maximum atomic E-state index is 13.2. The van der Waals surface area contributed by atoms with Crippen LogP contribution in [-0.4, -0.2) is 30.0 Å². The van der Waals surface area contributed by atoms with Crippen molar-refractivity contribution in [2.45, 2.75) is 19.9 Å². The maximum Gasteiger partial charge on any atom is 0.300 e. The molecule has 2 aliphatic heterocycles. The van der Waals surface area contributed by atoms with Crippen LogP contribution < -0.4 is 14.4 Å². The lowest BCUT2D eigenvalue weighted by molar-refractivity contribution is -0.132. The molecule has 1 aromatic heterocycles. The number of hydrogen-bond donors (Lipinski definition) is 1. The fraction of sp³-hybridized carbons (Fsp3) is 0.200. The highest BCUT2D eigenvalue weighted by atomic mass is 16.6. The van der Waals surface area contributed by atoms with Crippen molar-refractivity contribution in [3.05, 3.63) is 82.8 Å². The molecule has 162 valence electrons. The summed E-state index contributed by atoms with van der Waals surface area (Å²) in [4.78, 5) is 27.7. The van der Waals surface area contributed by atoms with Gasteiger partial charge < -0.3 is 19.0 Å². The van der Waals surface area contributed by atoms with E-state index in [-0.39, 0.29) is 11.3 Å². The Bertz CT molecular complexity index is 1270. The van der Waals surface area contributed by atoms with Crippen molar-refractivity contribution < 1.29 is 28.6 Å². The topological polar surface area (TPSA) is 89.2 Å². The quantitative estimate of drug-likeness (QED) is 0.378. The van der Waals surface area contributed by atoms with Crippen molar-refractivity contribution in [2.24, 2.45) is 0 Å². The predicted octanol–water partition coefficient (Wildman–Crippen LogP) is 4.29. The fourth-order valence-electron chi connectivity index (χ4n) is 4.13. The molecule has 0 spiro atoms. The summed E-state index contributed by atoms with van der Waals surface area (Å²) in [6, 6.07) is 14.8. The lowest BCUT2D eigenvalue weighted by atomic mass is 9.98. The number of amides is 1. The zero-order chi connectivity index (χ0) is 22.4. The highest BCUT2D eigenvalue weighted by Gasteiger charge is 2.48. The van der Waals surface area contributed by atoms with E-state index in [1.54, 1.807) is 49.4 Å². The molecule has 3 aromatic rings. The minimum absolute atomic E-state index is 0.0377. The molecule has 1 amide bonds. The molecule has 0 aliphatic carbocycles. The van der Waals surface area contributed by atoms with Crippen LogP contribution in [0.15, 0.2) is 64.6 Å². The zero-order valence-corrected chi connectivity index (χ0v) is 17.6. The third-order valence-electron chi connectivity index (χ3n) is 5.67. The number of Topliss-reactive ketones (excluding diaryl/α,β-unsaturated/α-hetero) is 1. The average molecular weight is 431 g/mol. The largest absolute Gasteiger partial charge is 0.507 e. The van der Waals surface area contributed by atoms with Crippen molar-refractivity contribution in [1.82, 2.24) is 0 Å². The highest BCUT2D eigenvalue weighted by molar-refractivity contribution is 6.51. The molecule has 2 aromatic carbocycles. The molecule has 0 bridgehead atoms. The van der Waals surface area contributed by atoms with E-state index in [1.807, 2.05) is 19.1 Å². The number of hydrogen-bond acceptors (Lipinski definition) is 6. The third-order valence-corrected chi connectivity index (χ3v) is 5.67. The SMILES string of the molecule is Cc1ccc(C2/C(=C(/O)c3ccc4c(c3)OCCO4)C(=O)C(=O)N2c2ccccc2C)o1. The van der Waals surface area contributed by atoms with Gasteiger partial charge in [-0.05, 0) is 55.8 Å². The van der Waals surface area contributed by atoms with Crippen LogP contribution in [0.5, 0.6) is 11.5 Å². The number of rotatable bonds is 3. The molecule has 0 radical (unpaired) electrons. The summed E-state index contributed by atoms with van der Waals surface area (Å²) in [5, 5.41) is 11.2. The number of carbonyl (C=O) groups excluding carboxylic acids is 2. The Morgan fingerprint density at radius 3 is 2.44 bits per heavy atom. The van der Waals surface area contributed by atoms with Crippen LogP contribution in [0.1, 0.15) is 28.7 Å². The van der Waals surface area contributed by atoms with E-state index in [0.717, 1.165) is 5.56 Å². The summed E-state index contributed by atoms with van der Waals surface area (Å²) < 4.78 is 17.0. The second-order valence-electron chi connectivity index (χ2n) is 7.76. The molecule has 1 saturated heterocycles. The van der Waals surface area contributed by atoms with Gasteiger partial charge in [-0.25, -0.2) is 0 Å². The number of anilines is 1. The molecule has 1 unspecified atom stereocenters. The van der Waals surface area contributed by atoms with Crippen molar-refractivity contribution in [1.29, 1.82) is 0 Å². The van der Waals surface area contributed by atoms with Crippen LogP contribution in [-0.2, 0) is 9.59 Å². The van der Waals surface area contributed by atoms with E-state index >= 15 is 0 Å². The summed E-state index contributed by atoms with van der Waals surface area (Å²) in [7, 11) is 0. The Kier molecular flexibility index (Phi) is 4.74. The standard InChI is InChI=1S/C25H21NO6/c1-14-5-3-4-6-17(14)26-22(19-9-7-15(2)32-19)21(24(28)25(26)29)23(27)16-8-10-18-20(13-16)31-12-11-30-18/h3-10,13,22,27H,11-12H2,1-2H3/b23-21-. The van der Waals surface area contributed by atoms with Crippen molar-refractivity contribution in [3.63, 3.8) is 0 Å². The number of furan rings is 1. The first-order chi connectivity index (χ1) is 15.5. The minimum atomic E-state index is -0.905. The molecule has 32 heavy (non-hydrogen) atoms. The maximum absolute atomic E-state index is 13.2. The Morgan fingerprint density at radius 2 is 1.72 bits per heavy atom. The average Bonchev–Trinajstić information content (AvgIpc) is 3.34. The monoisotopic (exact) mass is 431 g/mol. The van der Waals surface area contributed by atoms with Gasteiger partial charge in [0, 0.05) is 11.3 Å². The number of ether oxygens (including phenoxy) is 2. The van der Waals surface area contributed by atoms with Crippen LogP contribution >= 0.6 is 0 Å². The summed E-state index contributed by atoms with van der Waals surface area (Å²) in [5.74, 6) is 0.261. The lowest BCUT2D eigenvalue weighted by Gasteiger charge is -2.25. The van der Waals surface area contributed by atoms with Gasteiger partial charge in [-0.1, -0.05) is 18.2 Å². The number of carbonyl (C=O) groups is 2. The van der Waals surface area contributed by atoms with Crippen LogP contribution in [0.4, 0.5) is 5.69 Å². The van der Waals surface area contributed by atoms with Gasteiger partial charge in [0.05, 0.1) is 5.57 Å². The van der Waals surface area contributed by atoms with Gasteiger partial charge in [-0.2, -0.15) is 0 Å². The van der Waals surface area contributed by atoms with Gasteiger partial charge in [0.2, 0.25) is 0 Å². The molecule has 1 atom stereocenters. The van der Waals surface area contributed by atoms with Gasteiger partial charge in [0.25, 0.3) is 11.7 Å². The smallest absolute Gasteiger partial charge is 0.300 e. The number of ketones is 1. The summed E-state index contributed by atoms with van der Waals surface area (Å²) in [6.07, 6.45) is 0. The molecular formula is C25H21NO6. The second-order valence-corrected chi connectivity index (χ2v) is 7.76. The molecule has 1 fully saturated rings. The molecule has 3 heterocycles. The van der Waals surface area contributed by atoms with Crippen LogP contribution in [0.25, 0.3) is 5.76 Å². The first-order valence-electron chi connectivity index (χ1n) is 10.3. The first kappa shape index (κ1) is 19.9. The van der Waals surface area contributed by atoms with E-state index < -0.39 is 17.7 Å². The van der Waals surface area contributed by atoms with E-state index in [2.05, 4.69) is 0 Å². The molecule has 5 rings (SSSR count). The summed E-state index contributed by atoms with van der Waals surface area (Å²) in [5.41, 5.74) is 1.71. The molecule has 1 N–H and O–H groups in total. The van der Waals surface area contributed by atoms with Crippen molar-refractivity contribution in [2.75, 3.05) is 18.1 Å². The molecule has 0 saturated carbocycles. The predicted molar refractivity (Wildman–Crippen MR) is 117 cm³/mol. The number of para-hydroxylation sites is 1. The van der Waals surface area contributed by atoms with Crippen LogP contribution in [0, 0.1) is 13.8 Å². The first-order valence-corrected chi connectivity index (χ1v) is 10.3. The number of aliphatic hydroxyl groups excluding tert-OH is 1. The number of benzene rings is 2. The van der Waals surface area contributed by atoms with Gasteiger partial charge in [-0.15, -0.1) is 0 Å². The summed E-state index contributed by atoms with van der Waals surface area (Å²) in [6.45, 7) is 4.47. The van der Waals surface area contributed by atoms with E-state index in [0.29, 0.717) is 47.5 Å². The van der Waals surface area contributed by atoms with Gasteiger partial charge >= 0.3 is 0 Å². The fourth-order valence-corrected chi connectivity index (χ4v) is 4.13. The highest BCUT2D eigenvalue weighted by Crippen LogP contribution is 2.44. The zero-order valence-electron chi connectivity index (χ0n) is 17.6. The van der Waals surface area contributed by atoms with E-state index in [4.69, 9.17) is 13.9 Å². The van der Waals surface area contributed by atoms with Gasteiger partial charge in [-0.3, -0.25) is 14.5 Å². The summed E-state index contributed by atoms with van der Waals surface area (Å²) >= 11 is 0. The molecular weight excluding hydrogens is 410 g/mol. The Hall–Kier alpha value is -4.00. The number of aryl methyl sites for hydroxylation is 2. The Morgan fingerprint density at radius 1 is 0.969 bits per heavy atom. The number of fused-ring (bicyclic) bond motifs is 1. The van der Waals surface area contributed by atoms with Gasteiger partial charge in [0.15, 0.2) is 11.5 Å². The van der Waals surface area contributed by atoms with Crippen molar-refractivity contribution >= 4 is 23.1 Å². The number of nitrogens with zero attached hydrogens (tertiary/aromatic N) is 1. The Balaban J connectivity index is 1.70. The molecule has 7 heteroatoms. The van der Waals surface area contributed by atoms with Crippen LogP contribution in [0.3, 0.4) is 0 Å². The lowest BCUT2D eigenvalue weighted by Crippen LogP contribution is -2.29. The van der Waals surface area contributed by atoms with E-state index in [9.17, 15) is 14.7 Å². The normalized spacial score (nSPS) is 19.4. The second kappa shape index (κ2) is 7.60. The van der Waals surface area contributed by atoms with Crippen molar-refractivity contribution in [3.8, 4) is 11.5 Å². The number of aliphatic hydroxyl groups is 1.